The van der Waals surface area contributed by atoms with E-state index in [0.29, 0.717) is 16.7 Å². The van der Waals surface area contributed by atoms with E-state index in [-0.39, 0.29) is 5.69 Å². The van der Waals surface area contributed by atoms with Gasteiger partial charge in [-0.25, -0.2) is 4.98 Å². The summed E-state index contributed by atoms with van der Waals surface area (Å²) in [6.45, 7) is 0. The fourth-order valence-electron chi connectivity index (χ4n) is 2.67. The maximum atomic E-state index is 12.7. The molecule has 0 aliphatic rings. The maximum Gasteiger partial charge on any atom is 0.321 e. The number of hydrogen-bond donors (Lipinski definition) is 3. The number of methoxy groups -OCH3 is 1. The molecule has 0 fully saturated rings. The number of halogens is 1. The molecule has 0 spiro atoms. The molecule has 148 valence electrons. The van der Waals surface area contributed by atoms with Gasteiger partial charge in [0.1, 0.15) is 5.69 Å². The van der Waals surface area contributed by atoms with Crippen LogP contribution in [0.5, 0.6) is 0 Å². The summed E-state index contributed by atoms with van der Waals surface area (Å²) in [6, 6.07) is 13.3. The third-order valence-corrected chi connectivity index (χ3v) is 4.58. The zero-order chi connectivity index (χ0) is 21.0. The summed E-state index contributed by atoms with van der Waals surface area (Å²) in [7, 11) is 1.09. The molecule has 9 nitrogen and oxygen atoms in total. The highest BCUT2D eigenvalue weighted by Crippen LogP contribution is 2.19. The number of H-pyrrole nitrogens is 1. The quantitative estimate of drug-likeness (QED) is 0.232. The van der Waals surface area contributed by atoms with Crippen LogP contribution < -0.4 is 10.9 Å². The Labute approximate surface area is 172 Å². The number of nitrogens with zero attached hydrogens (tertiary/aromatic N) is 2. The number of para-hydroxylation sites is 2. The van der Waals surface area contributed by atoms with Crippen molar-refractivity contribution in [2.45, 2.75) is 5.92 Å². The van der Waals surface area contributed by atoms with Gasteiger partial charge in [0.25, 0.3) is 11.5 Å². The van der Waals surface area contributed by atoms with Crippen LogP contribution in [-0.2, 0) is 14.3 Å². The second-order valence-corrected chi connectivity index (χ2v) is 6.79. The molecule has 10 heteroatoms. The highest BCUT2D eigenvalue weighted by molar-refractivity contribution is 9.10. The Kier molecular flexibility index (Phi) is 6.03. The van der Waals surface area contributed by atoms with E-state index in [9.17, 15) is 19.6 Å². The normalized spacial score (nSPS) is 12.4. The monoisotopic (exact) mass is 458 g/mol. The first-order valence-electron chi connectivity index (χ1n) is 8.30. The first-order valence-corrected chi connectivity index (χ1v) is 9.09. The van der Waals surface area contributed by atoms with Crippen molar-refractivity contribution >= 4 is 50.2 Å². The van der Waals surface area contributed by atoms with Gasteiger partial charge in [0.05, 0.1) is 18.1 Å². The number of rotatable bonds is 5. The van der Waals surface area contributed by atoms with E-state index in [1.807, 2.05) is 0 Å². The minimum atomic E-state index is -1.63. The molecule has 29 heavy (non-hydrogen) atoms. The zero-order valence-corrected chi connectivity index (χ0v) is 16.6. The predicted molar refractivity (Wildman–Crippen MR) is 109 cm³/mol. The molecule has 3 aromatic rings. The molecule has 0 aliphatic heterocycles. The third-order valence-electron chi connectivity index (χ3n) is 4.05. The van der Waals surface area contributed by atoms with Gasteiger partial charge in [0.2, 0.25) is 0 Å². The van der Waals surface area contributed by atoms with Gasteiger partial charge in [-0.05, 0) is 36.4 Å². The number of nitrogens with one attached hydrogen (secondary N) is 2. The van der Waals surface area contributed by atoms with Crippen molar-refractivity contribution in [2.75, 3.05) is 12.4 Å². The first kappa shape index (κ1) is 20.2. The summed E-state index contributed by atoms with van der Waals surface area (Å²) in [5, 5.41) is 14.9. The van der Waals surface area contributed by atoms with E-state index in [4.69, 9.17) is 4.74 Å². The Morgan fingerprint density at radius 2 is 1.90 bits per heavy atom. The van der Waals surface area contributed by atoms with Crippen LogP contribution in [0.15, 0.2) is 63.0 Å². The van der Waals surface area contributed by atoms with E-state index in [1.54, 1.807) is 48.5 Å². The molecule has 0 saturated carbocycles. The second-order valence-electron chi connectivity index (χ2n) is 5.87. The van der Waals surface area contributed by atoms with Crippen molar-refractivity contribution in [2.24, 2.45) is 5.16 Å². The molecule has 0 saturated heterocycles. The Balaban J connectivity index is 2.04. The molecule has 1 atom stereocenters. The highest BCUT2D eigenvalue weighted by Gasteiger charge is 2.36. The Bertz CT molecular complexity index is 1160. The van der Waals surface area contributed by atoms with E-state index < -0.39 is 29.1 Å². The van der Waals surface area contributed by atoms with Crippen LogP contribution >= 0.6 is 15.9 Å². The number of esters is 1. The van der Waals surface area contributed by atoms with Gasteiger partial charge < -0.3 is 20.2 Å². The lowest BCUT2D eigenvalue weighted by Crippen LogP contribution is -2.37. The SMILES string of the molecule is COC(=O)C(C(=NO)C(=O)Nc1ccc(Br)cc1)c1nc2ccccc2[nH]c1=O. The minimum absolute atomic E-state index is 0.325. The average Bonchev–Trinajstić information content (AvgIpc) is 2.72. The van der Waals surface area contributed by atoms with Crippen LogP contribution in [0.25, 0.3) is 11.0 Å². The molecule has 3 N–H and O–H groups in total. The first-order chi connectivity index (χ1) is 13.9. The van der Waals surface area contributed by atoms with Crippen molar-refractivity contribution < 1.29 is 19.5 Å². The second kappa shape index (κ2) is 8.65. The number of carbonyl (C=O) groups is 2. The van der Waals surface area contributed by atoms with Crippen molar-refractivity contribution in [1.29, 1.82) is 0 Å². The molecule has 1 aromatic heterocycles. The molecule has 3 rings (SSSR count). The Hall–Kier alpha value is -3.53. The van der Waals surface area contributed by atoms with Gasteiger partial charge in [0, 0.05) is 10.2 Å². The molecular weight excluding hydrogens is 444 g/mol. The standard InChI is InChI=1S/C19H15BrN4O5/c1-29-19(27)14(15-17(25)23-13-5-3-2-4-12(13)22-15)16(24-28)18(26)21-11-8-6-10(20)7-9-11/h2-9,14,28H,1H3,(H,21,26)(H,23,25). The van der Waals surface area contributed by atoms with Crippen molar-refractivity contribution in [3.8, 4) is 0 Å². The van der Waals surface area contributed by atoms with E-state index in [0.717, 1.165) is 11.6 Å². The van der Waals surface area contributed by atoms with E-state index in [1.165, 1.54) is 0 Å². The maximum absolute atomic E-state index is 12.7. The minimum Gasteiger partial charge on any atom is -0.468 e. The van der Waals surface area contributed by atoms with Crippen LogP contribution in [-0.4, -0.2) is 39.9 Å². The van der Waals surface area contributed by atoms with Crippen LogP contribution in [0.3, 0.4) is 0 Å². The third kappa shape index (κ3) is 4.32. The van der Waals surface area contributed by atoms with Gasteiger partial charge in [-0.2, -0.15) is 0 Å². The molecule has 0 aliphatic carbocycles. The van der Waals surface area contributed by atoms with E-state index >= 15 is 0 Å². The molecule has 2 aromatic carbocycles. The molecule has 0 radical (unpaired) electrons. The van der Waals surface area contributed by atoms with Crippen molar-refractivity contribution in [3.63, 3.8) is 0 Å². The van der Waals surface area contributed by atoms with Gasteiger partial charge in [0.15, 0.2) is 11.6 Å². The number of fused-ring (bicyclic) bond motifs is 1. The van der Waals surface area contributed by atoms with Crippen LogP contribution in [0, 0.1) is 0 Å². The van der Waals surface area contributed by atoms with Crippen LogP contribution in [0.1, 0.15) is 11.6 Å². The Morgan fingerprint density at radius 3 is 2.55 bits per heavy atom. The number of anilines is 1. The van der Waals surface area contributed by atoms with Gasteiger partial charge >= 0.3 is 5.97 Å². The molecular formula is C19H15BrN4O5. The van der Waals surface area contributed by atoms with Crippen LogP contribution in [0.2, 0.25) is 0 Å². The lowest BCUT2D eigenvalue weighted by atomic mass is 9.98. The van der Waals surface area contributed by atoms with Crippen molar-refractivity contribution in [1.82, 2.24) is 9.97 Å². The number of aromatic nitrogens is 2. The summed E-state index contributed by atoms with van der Waals surface area (Å²) in [4.78, 5) is 44.4. The topological polar surface area (TPSA) is 134 Å². The van der Waals surface area contributed by atoms with Gasteiger partial charge in [-0.3, -0.25) is 14.4 Å². The smallest absolute Gasteiger partial charge is 0.321 e. The summed E-state index contributed by atoms with van der Waals surface area (Å²) < 4.78 is 5.52. The predicted octanol–water partition coefficient (Wildman–Crippen LogP) is 2.41. The number of oxime groups is 1. The number of carbonyl (C=O) groups excluding carboxylic acids is 2. The lowest BCUT2D eigenvalue weighted by Gasteiger charge is -2.15. The molecule has 1 amide bonds. The number of aromatic amines is 1. The fraction of sp³-hybridized carbons (Fsp3) is 0.105. The summed E-state index contributed by atoms with van der Waals surface area (Å²) >= 11 is 3.28. The lowest BCUT2D eigenvalue weighted by molar-refractivity contribution is -0.141. The largest absolute Gasteiger partial charge is 0.468 e. The Morgan fingerprint density at radius 1 is 1.21 bits per heavy atom. The molecule has 0 bridgehead atoms. The summed E-state index contributed by atoms with van der Waals surface area (Å²) in [5.41, 5.74) is -0.435. The van der Waals surface area contributed by atoms with Crippen molar-refractivity contribution in [3.05, 3.63) is 69.1 Å². The fourth-order valence-corrected chi connectivity index (χ4v) is 2.94. The molecule has 1 heterocycles. The van der Waals surface area contributed by atoms with Gasteiger partial charge in [-0.1, -0.05) is 33.2 Å². The van der Waals surface area contributed by atoms with Crippen LogP contribution in [0.4, 0.5) is 5.69 Å². The number of amides is 1. The summed E-state index contributed by atoms with van der Waals surface area (Å²) in [5.74, 6) is -3.49. The number of hydrogen-bond acceptors (Lipinski definition) is 7. The average molecular weight is 459 g/mol. The summed E-state index contributed by atoms with van der Waals surface area (Å²) in [6.07, 6.45) is 0. The number of benzene rings is 2. The highest BCUT2D eigenvalue weighted by atomic mass is 79.9. The zero-order valence-electron chi connectivity index (χ0n) is 15.0. The van der Waals surface area contributed by atoms with E-state index in [2.05, 4.69) is 36.4 Å². The molecule has 1 unspecified atom stereocenters. The van der Waals surface area contributed by atoms with Gasteiger partial charge in [-0.15, -0.1) is 0 Å². The number of ether oxygens (including phenoxy) is 1.